The van der Waals surface area contributed by atoms with Crippen molar-refractivity contribution in [2.45, 2.75) is 24.8 Å². The maximum Gasteiger partial charge on any atom is 0.383 e. The summed E-state index contributed by atoms with van der Waals surface area (Å²) in [4.78, 5) is 10.7. The van der Waals surface area contributed by atoms with Crippen LogP contribution in [0.1, 0.15) is 6.42 Å². The molecule has 3 nitrogen and oxygen atoms in total. The van der Waals surface area contributed by atoms with E-state index in [1.54, 1.807) is 0 Å². The molecule has 0 saturated carbocycles. The van der Waals surface area contributed by atoms with Crippen molar-refractivity contribution in [1.82, 2.24) is 10.6 Å². The van der Waals surface area contributed by atoms with Crippen LogP contribution in [0.5, 0.6) is 0 Å². The van der Waals surface area contributed by atoms with Gasteiger partial charge in [0.1, 0.15) is 0 Å². The standard InChI is InChI=1S/C7H10F4N2O/c8-5(9)7(10,11)6(14)13-4-1-2-12-3-4/h4-5,12H,1-3H2,(H,13,14)/t4-/m0/s1. The lowest BCUT2D eigenvalue weighted by Gasteiger charge is -2.17. The average molecular weight is 214 g/mol. The molecule has 7 heteroatoms. The van der Waals surface area contributed by atoms with E-state index in [1.165, 1.54) is 0 Å². The zero-order valence-corrected chi connectivity index (χ0v) is 7.20. The molecule has 0 spiro atoms. The van der Waals surface area contributed by atoms with E-state index in [-0.39, 0.29) is 0 Å². The molecule has 0 bridgehead atoms. The van der Waals surface area contributed by atoms with Crippen LogP contribution in [0.3, 0.4) is 0 Å². The first-order valence-corrected chi connectivity index (χ1v) is 4.12. The van der Waals surface area contributed by atoms with Gasteiger partial charge >= 0.3 is 12.3 Å². The Morgan fingerprint density at radius 1 is 1.50 bits per heavy atom. The maximum absolute atomic E-state index is 12.4. The second-order valence-corrected chi connectivity index (χ2v) is 3.09. The fraction of sp³-hybridized carbons (Fsp3) is 0.857. The van der Waals surface area contributed by atoms with Crippen molar-refractivity contribution in [3.05, 3.63) is 0 Å². The van der Waals surface area contributed by atoms with Crippen molar-refractivity contribution in [3.8, 4) is 0 Å². The first kappa shape index (κ1) is 11.2. The first-order valence-electron chi connectivity index (χ1n) is 4.12. The highest BCUT2D eigenvalue weighted by Crippen LogP contribution is 2.23. The van der Waals surface area contributed by atoms with Crippen molar-refractivity contribution < 1.29 is 22.4 Å². The Balaban J connectivity index is 2.48. The molecule has 1 amide bonds. The molecule has 2 N–H and O–H groups in total. The van der Waals surface area contributed by atoms with Crippen LogP contribution in [0.25, 0.3) is 0 Å². The molecule has 1 fully saturated rings. The van der Waals surface area contributed by atoms with Gasteiger partial charge in [-0.15, -0.1) is 0 Å². The zero-order valence-electron chi connectivity index (χ0n) is 7.20. The van der Waals surface area contributed by atoms with E-state index >= 15 is 0 Å². The van der Waals surface area contributed by atoms with Gasteiger partial charge in [-0.1, -0.05) is 0 Å². The summed E-state index contributed by atoms with van der Waals surface area (Å²) in [6.45, 7) is 0.927. The minimum absolute atomic E-state index is 0.338. The van der Waals surface area contributed by atoms with Gasteiger partial charge in [-0.3, -0.25) is 4.79 Å². The number of alkyl halides is 4. The van der Waals surface area contributed by atoms with Gasteiger partial charge in [-0.25, -0.2) is 8.78 Å². The fourth-order valence-corrected chi connectivity index (χ4v) is 1.16. The summed E-state index contributed by atoms with van der Waals surface area (Å²) in [6, 6.07) is -0.480. The molecule has 82 valence electrons. The van der Waals surface area contributed by atoms with Gasteiger partial charge < -0.3 is 10.6 Å². The van der Waals surface area contributed by atoms with Gasteiger partial charge in [-0.05, 0) is 13.0 Å². The molecule has 1 aliphatic rings. The van der Waals surface area contributed by atoms with E-state index in [1.807, 2.05) is 5.32 Å². The van der Waals surface area contributed by atoms with Gasteiger partial charge in [0, 0.05) is 12.6 Å². The van der Waals surface area contributed by atoms with E-state index in [4.69, 9.17) is 0 Å². The Kier molecular flexibility index (Phi) is 3.30. The molecule has 14 heavy (non-hydrogen) atoms. The Hall–Kier alpha value is -0.850. The molecule has 0 aromatic rings. The van der Waals surface area contributed by atoms with Crippen molar-refractivity contribution in [3.63, 3.8) is 0 Å². The first-order chi connectivity index (χ1) is 6.44. The second kappa shape index (κ2) is 4.12. The maximum atomic E-state index is 12.4. The Morgan fingerprint density at radius 3 is 2.57 bits per heavy atom. The monoisotopic (exact) mass is 214 g/mol. The lowest BCUT2D eigenvalue weighted by molar-refractivity contribution is -0.170. The Labute approximate surface area is 77.8 Å². The number of nitrogens with one attached hydrogen (secondary N) is 2. The van der Waals surface area contributed by atoms with E-state index in [9.17, 15) is 22.4 Å². The lowest BCUT2D eigenvalue weighted by atomic mass is 10.2. The van der Waals surface area contributed by atoms with Crippen molar-refractivity contribution in [1.29, 1.82) is 0 Å². The lowest BCUT2D eigenvalue weighted by Crippen LogP contribution is -2.49. The minimum Gasteiger partial charge on any atom is -0.347 e. The average Bonchev–Trinajstić information content (AvgIpc) is 2.56. The molecule has 0 aromatic carbocycles. The number of halogens is 4. The molecule has 1 atom stereocenters. The fourth-order valence-electron chi connectivity index (χ4n) is 1.16. The van der Waals surface area contributed by atoms with E-state index in [0.717, 1.165) is 0 Å². The molecule has 1 aliphatic heterocycles. The number of carbonyl (C=O) groups excluding carboxylic acids is 1. The van der Waals surface area contributed by atoms with Gasteiger partial charge in [0.25, 0.3) is 5.91 Å². The normalized spacial score (nSPS) is 22.8. The van der Waals surface area contributed by atoms with Crippen LogP contribution >= 0.6 is 0 Å². The highest BCUT2D eigenvalue weighted by molar-refractivity contribution is 5.84. The van der Waals surface area contributed by atoms with Crippen LogP contribution in [0.15, 0.2) is 0 Å². The Morgan fingerprint density at radius 2 is 2.14 bits per heavy atom. The molecular formula is C7H10F4N2O. The van der Waals surface area contributed by atoms with Gasteiger partial charge in [0.2, 0.25) is 0 Å². The van der Waals surface area contributed by atoms with Crippen LogP contribution in [-0.4, -0.2) is 37.4 Å². The molecule has 0 radical (unpaired) electrons. The highest BCUT2D eigenvalue weighted by atomic mass is 19.3. The number of carbonyl (C=O) groups is 1. The molecule has 0 unspecified atom stereocenters. The molecular weight excluding hydrogens is 204 g/mol. The summed E-state index contributed by atoms with van der Waals surface area (Å²) in [5, 5.41) is 4.68. The highest BCUT2D eigenvalue weighted by Gasteiger charge is 2.49. The third-order valence-electron chi connectivity index (χ3n) is 1.97. The summed E-state index contributed by atoms with van der Waals surface area (Å²) in [6.07, 6.45) is -3.48. The predicted molar refractivity (Wildman–Crippen MR) is 40.4 cm³/mol. The summed E-state index contributed by atoms with van der Waals surface area (Å²) in [5.74, 6) is -6.50. The van der Waals surface area contributed by atoms with Crippen molar-refractivity contribution >= 4 is 5.91 Å². The third-order valence-corrected chi connectivity index (χ3v) is 1.97. The van der Waals surface area contributed by atoms with E-state index in [2.05, 4.69) is 5.32 Å². The topological polar surface area (TPSA) is 41.1 Å². The molecule has 1 rings (SSSR count). The van der Waals surface area contributed by atoms with E-state index < -0.39 is 24.3 Å². The summed E-state index contributed by atoms with van der Waals surface area (Å²) in [7, 11) is 0. The number of hydrogen-bond acceptors (Lipinski definition) is 2. The van der Waals surface area contributed by atoms with E-state index in [0.29, 0.717) is 19.5 Å². The van der Waals surface area contributed by atoms with Gasteiger partial charge in [0.15, 0.2) is 0 Å². The van der Waals surface area contributed by atoms with Crippen LogP contribution < -0.4 is 10.6 Å². The van der Waals surface area contributed by atoms with Crippen LogP contribution in [0, 0.1) is 0 Å². The third kappa shape index (κ3) is 2.34. The van der Waals surface area contributed by atoms with Crippen LogP contribution in [0.4, 0.5) is 17.6 Å². The number of rotatable bonds is 3. The SMILES string of the molecule is O=C(N[C@H]1CCNC1)C(F)(F)C(F)F. The van der Waals surface area contributed by atoms with Gasteiger partial charge in [0.05, 0.1) is 0 Å². The smallest absolute Gasteiger partial charge is 0.347 e. The van der Waals surface area contributed by atoms with Gasteiger partial charge in [-0.2, -0.15) is 8.78 Å². The molecule has 1 heterocycles. The molecule has 0 aromatic heterocycles. The summed E-state index contributed by atoms with van der Waals surface area (Å²) >= 11 is 0. The minimum atomic E-state index is -4.59. The van der Waals surface area contributed by atoms with Crippen molar-refractivity contribution in [2.24, 2.45) is 0 Å². The number of amides is 1. The number of hydrogen-bond donors (Lipinski definition) is 2. The Bertz CT molecular complexity index is 216. The van der Waals surface area contributed by atoms with Crippen molar-refractivity contribution in [2.75, 3.05) is 13.1 Å². The summed E-state index contributed by atoms with van der Waals surface area (Å²) in [5.41, 5.74) is 0. The quantitative estimate of drug-likeness (QED) is 0.666. The zero-order chi connectivity index (χ0) is 10.8. The van der Waals surface area contributed by atoms with Crippen LogP contribution in [0.2, 0.25) is 0 Å². The molecule has 0 aliphatic carbocycles. The second-order valence-electron chi connectivity index (χ2n) is 3.09. The molecule has 1 saturated heterocycles. The summed E-state index contributed by atoms with van der Waals surface area (Å²) < 4.78 is 48.2. The predicted octanol–water partition coefficient (Wildman–Crippen LogP) is 0.365. The largest absolute Gasteiger partial charge is 0.383 e. The van der Waals surface area contributed by atoms with Crippen LogP contribution in [-0.2, 0) is 4.79 Å².